The Hall–Kier alpha value is -1.49. The highest BCUT2D eigenvalue weighted by Crippen LogP contribution is 2.28. The molecule has 0 unspecified atom stereocenters. The molecular formula is C16H24N4O. The average molecular weight is 288 g/mol. The van der Waals surface area contributed by atoms with Gasteiger partial charge in [0.25, 0.3) is 5.91 Å². The lowest BCUT2D eigenvalue weighted by Gasteiger charge is -2.28. The summed E-state index contributed by atoms with van der Waals surface area (Å²) in [4.78, 5) is 23.6. The van der Waals surface area contributed by atoms with Gasteiger partial charge in [0.1, 0.15) is 11.5 Å². The molecule has 5 nitrogen and oxygen atoms in total. The lowest BCUT2D eigenvalue weighted by atomic mass is 9.96. The van der Waals surface area contributed by atoms with Crippen molar-refractivity contribution in [1.29, 1.82) is 0 Å². The quantitative estimate of drug-likeness (QED) is 0.917. The van der Waals surface area contributed by atoms with E-state index >= 15 is 0 Å². The SMILES string of the molecule is Cc1cc(C(=O)NCC2CC2)nc(C2CCN(C)CC2)n1. The summed E-state index contributed by atoms with van der Waals surface area (Å²) in [5.41, 5.74) is 1.41. The number of carbonyl (C=O) groups excluding carboxylic acids is 1. The number of piperidine rings is 1. The minimum atomic E-state index is -0.0541. The summed E-state index contributed by atoms with van der Waals surface area (Å²) in [5.74, 6) is 1.86. The van der Waals surface area contributed by atoms with Gasteiger partial charge in [-0.3, -0.25) is 4.79 Å². The summed E-state index contributed by atoms with van der Waals surface area (Å²) in [6, 6.07) is 1.79. The molecule has 2 aliphatic rings. The number of carbonyl (C=O) groups is 1. The maximum atomic E-state index is 12.2. The van der Waals surface area contributed by atoms with Crippen LogP contribution in [0.4, 0.5) is 0 Å². The van der Waals surface area contributed by atoms with Crippen LogP contribution in [0.1, 0.15) is 53.6 Å². The number of rotatable bonds is 4. The lowest BCUT2D eigenvalue weighted by molar-refractivity contribution is 0.0946. The van der Waals surface area contributed by atoms with Gasteiger partial charge in [-0.2, -0.15) is 0 Å². The van der Waals surface area contributed by atoms with E-state index in [-0.39, 0.29) is 5.91 Å². The zero-order chi connectivity index (χ0) is 14.8. The molecule has 1 aromatic heterocycles. The van der Waals surface area contributed by atoms with Crippen LogP contribution in [0.15, 0.2) is 6.07 Å². The molecule has 1 aliphatic heterocycles. The van der Waals surface area contributed by atoms with E-state index in [1.165, 1.54) is 12.8 Å². The Labute approximate surface area is 126 Å². The Bertz CT molecular complexity index is 519. The third kappa shape index (κ3) is 3.79. The first-order valence-electron chi connectivity index (χ1n) is 7.94. The minimum Gasteiger partial charge on any atom is -0.350 e. The molecule has 3 rings (SSSR count). The normalized spacial score (nSPS) is 20.5. The van der Waals surface area contributed by atoms with E-state index in [2.05, 4.69) is 27.2 Å². The van der Waals surface area contributed by atoms with Crippen LogP contribution in [0.25, 0.3) is 0 Å². The Morgan fingerprint density at radius 1 is 1.29 bits per heavy atom. The summed E-state index contributed by atoms with van der Waals surface area (Å²) < 4.78 is 0. The molecule has 1 aliphatic carbocycles. The van der Waals surface area contributed by atoms with Crippen LogP contribution in [-0.2, 0) is 0 Å². The van der Waals surface area contributed by atoms with E-state index in [9.17, 15) is 4.79 Å². The van der Waals surface area contributed by atoms with Gasteiger partial charge in [0.2, 0.25) is 0 Å². The molecule has 1 N–H and O–H groups in total. The van der Waals surface area contributed by atoms with Crippen LogP contribution in [0.3, 0.4) is 0 Å². The zero-order valence-electron chi connectivity index (χ0n) is 12.9. The molecule has 21 heavy (non-hydrogen) atoms. The van der Waals surface area contributed by atoms with Gasteiger partial charge in [0.05, 0.1) is 0 Å². The van der Waals surface area contributed by atoms with Crippen molar-refractivity contribution < 1.29 is 4.79 Å². The zero-order valence-corrected chi connectivity index (χ0v) is 12.9. The Balaban J connectivity index is 1.70. The molecule has 0 radical (unpaired) electrons. The smallest absolute Gasteiger partial charge is 0.270 e. The summed E-state index contributed by atoms with van der Waals surface area (Å²) in [6.45, 7) is 4.87. The maximum Gasteiger partial charge on any atom is 0.270 e. The van der Waals surface area contributed by atoms with Crippen molar-refractivity contribution in [3.8, 4) is 0 Å². The van der Waals surface area contributed by atoms with E-state index in [0.717, 1.165) is 44.0 Å². The standard InChI is InChI=1S/C16H24N4O/c1-11-9-14(16(21)17-10-12-3-4-12)19-15(18-11)13-5-7-20(2)8-6-13/h9,12-13H,3-8,10H2,1-2H3,(H,17,21). The Kier molecular flexibility index (Phi) is 4.19. The van der Waals surface area contributed by atoms with E-state index in [4.69, 9.17) is 0 Å². The fraction of sp³-hybridized carbons (Fsp3) is 0.688. The topological polar surface area (TPSA) is 58.1 Å². The molecule has 0 aromatic carbocycles. The van der Waals surface area contributed by atoms with Crippen molar-refractivity contribution >= 4 is 5.91 Å². The maximum absolute atomic E-state index is 12.2. The molecule has 1 aromatic rings. The van der Waals surface area contributed by atoms with Crippen LogP contribution < -0.4 is 5.32 Å². The third-order valence-electron chi connectivity index (χ3n) is 4.44. The van der Waals surface area contributed by atoms with E-state index in [1.54, 1.807) is 6.07 Å². The molecule has 1 amide bonds. The first kappa shape index (κ1) is 14.4. The van der Waals surface area contributed by atoms with Gasteiger partial charge >= 0.3 is 0 Å². The summed E-state index contributed by atoms with van der Waals surface area (Å²) in [5, 5.41) is 2.99. The lowest BCUT2D eigenvalue weighted by Crippen LogP contribution is -2.31. The van der Waals surface area contributed by atoms with Crippen LogP contribution in [-0.4, -0.2) is 47.5 Å². The molecule has 2 heterocycles. The predicted octanol–water partition coefficient (Wildman–Crippen LogP) is 1.73. The fourth-order valence-corrected chi connectivity index (χ4v) is 2.81. The van der Waals surface area contributed by atoms with Crippen molar-refractivity contribution in [1.82, 2.24) is 20.2 Å². The van der Waals surface area contributed by atoms with Crippen LogP contribution in [0.2, 0.25) is 0 Å². The van der Waals surface area contributed by atoms with E-state index in [0.29, 0.717) is 17.5 Å². The van der Waals surface area contributed by atoms with Gasteiger partial charge < -0.3 is 10.2 Å². The number of hydrogen-bond donors (Lipinski definition) is 1. The molecule has 0 atom stereocenters. The van der Waals surface area contributed by atoms with Gasteiger partial charge in [-0.25, -0.2) is 9.97 Å². The molecular weight excluding hydrogens is 264 g/mol. The van der Waals surface area contributed by atoms with Gasteiger partial charge in [-0.15, -0.1) is 0 Å². The van der Waals surface area contributed by atoms with Gasteiger partial charge in [-0.05, 0) is 64.7 Å². The molecule has 0 bridgehead atoms. The summed E-state index contributed by atoms with van der Waals surface area (Å²) in [7, 11) is 2.14. The number of nitrogens with one attached hydrogen (secondary N) is 1. The highest BCUT2D eigenvalue weighted by atomic mass is 16.1. The Morgan fingerprint density at radius 2 is 2.00 bits per heavy atom. The number of aromatic nitrogens is 2. The third-order valence-corrected chi connectivity index (χ3v) is 4.44. The van der Waals surface area contributed by atoms with Crippen molar-refractivity contribution in [2.75, 3.05) is 26.7 Å². The number of amides is 1. The number of likely N-dealkylation sites (tertiary alicyclic amines) is 1. The second kappa shape index (κ2) is 6.10. The number of nitrogens with zero attached hydrogens (tertiary/aromatic N) is 3. The largest absolute Gasteiger partial charge is 0.350 e. The van der Waals surface area contributed by atoms with Gasteiger partial charge in [-0.1, -0.05) is 0 Å². The first-order chi connectivity index (χ1) is 10.1. The Morgan fingerprint density at radius 3 is 2.67 bits per heavy atom. The monoisotopic (exact) mass is 288 g/mol. The van der Waals surface area contributed by atoms with Gasteiger partial charge in [0, 0.05) is 18.2 Å². The van der Waals surface area contributed by atoms with Crippen LogP contribution in [0.5, 0.6) is 0 Å². The van der Waals surface area contributed by atoms with Crippen LogP contribution >= 0.6 is 0 Å². The summed E-state index contributed by atoms with van der Waals surface area (Å²) in [6.07, 6.45) is 4.63. The van der Waals surface area contributed by atoms with Crippen molar-refractivity contribution in [3.63, 3.8) is 0 Å². The van der Waals surface area contributed by atoms with Crippen LogP contribution in [0, 0.1) is 12.8 Å². The van der Waals surface area contributed by atoms with Crippen molar-refractivity contribution in [3.05, 3.63) is 23.3 Å². The molecule has 1 saturated heterocycles. The fourth-order valence-electron chi connectivity index (χ4n) is 2.81. The highest BCUT2D eigenvalue weighted by Gasteiger charge is 2.24. The second-order valence-corrected chi connectivity index (χ2v) is 6.48. The molecule has 1 saturated carbocycles. The highest BCUT2D eigenvalue weighted by molar-refractivity contribution is 5.92. The van der Waals surface area contributed by atoms with Crippen molar-refractivity contribution in [2.24, 2.45) is 5.92 Å². The van der Waals surface area contributed by atoms with Gasteiger partial charge in [0.15, 0.2) is 0 Å². The minimum absolute atomic E-state index is 0.0541. The average Bonchev–Trinajstić information content (AvgIpc) is 3.29. The molecule has 2 fully saturated rings. The molecule has 0 spiro atoms. The predicted molar refractivity (Wildman–Crippen MR) is 81.3 cm³/mol. The van der Waals surface area contributed by atoms with E-state index in [1.807, 2.05) is 6.92 Å². The first-order valence-corrected chi connectivity index (χ1v) is 7.94. The number of hydrogen-bond acceptors (Lipinski definition) is 4. The second-order valence-electron chi connectivity index (χ2n) is 6.48. The molecule has 5 heteroatoms. The number of aryl methyl sites for hydroxylation is 1. The molecule has 114 valence electrons. The van der Waals surface area contributed by atoms with E-state index < -0.39 is 0 Å². The summed E-state index contributed by atoms with van der Waals surface area (Å²) >= 11 is 0. The van der Waals surface area contributed by atoms with Crippen molar-refractivity contribution in [2.45, 2.75) is 38.5 Å².